The van der Waals surface area contributed by atoms with Crippen molar-refractivity contribution in [1.29, 1.82) is 5.26 Å². The first-order valence-corrected chi connectivity index (χ1v) is 10.5. The predicted molar refractivity (Wildman–Crippen MR) is 118 cm³/mol. The van der Waals surface area contributed by atoms with Crippen molar-refractivity contribution in [2.24, 2.45) is 0 Å². The fourth-order valence-corrected chi connectivity index (χ4v) is 4.32. The minimum Gasteiger partial charge on any atom is -0.369 e. The first-order chi connectivity index (χ1) is 14.4. The van der Waals surface area contributed by atoms with Gasteiger partial charge in [0.2, 0.25) is 0 Å². The lowest BCUT2D eigenvalue weighted by molar-refractivity contribution is 0.0817. The number of benzene rings is 1. The predicted octanol–water partition coefficient (Wildman–Crippen LogP) is 3.47. The Labute approximate surface area is 181 Å². The standard InChI is InChI=1S/C22H25ClN6O/c1-14(2)28-8-10-29(11-9-28)18-6-5-17(20-16(18)13-27(3)22(20)30)25-21-15(12-24)4-7-19(23)26-21/h4-7,14H,8-11,13H2,1-3H3,(H,25,26). The van der Waals surface area contributed by atoms with Gasteiger partial charge in [-0.2, -0.15) is 5.26 Å². The summed E-state index contributed by atoms with van der Waals surface area (Å²) in [6.45, 7) is 8.90. The number of nitrogens with one attached hydrogen (secondary N) is 1. The second-order valence-corrected chi connectivity index (χ2v) is 8.42. The van der Waals surface area contributed by atoms with Crippen LogP contribution >= 0.6 is 11.6 Å². The molecule has 30 heavy (non-hydrogen) atoms. The van der Waals surface area contributed by atoms with E-state index in [0.717, 1.165) is 37.4 Å². The van der Waals surface area contributed by atoms with Crippen molar-refractivity contribution in [3.05, 3.63) is 46.1 Å². The zero-order valence-electron chi connectivity index (χ0n) is 17.4. The number of rotatable bonds is 4. The Morgan fingerprint density at radius 3 is 2.57 bits per heavy atom. The number of halogens is 1. The van der Waals surface area contributed by atoms with Gasteiger partial charge in [0, 0.05) is 57.1 Å². The zero-order chi connectivity index (χ0) is 21.4. The summed E-state index contributed by atoms with van der Waals surface area (Å²) in [5, 5.41) is 12.9. The molecule has 1 aromatic carbocycles. The quantitative estimate of drug-likeness (QED) is 0.757. The monoisotopic (exact) mass is 424 g/mol. The van der Waals surface area contributed by atoms with E-state index in [0.29, 0.717) is 35.2 Å². The molecule has 0 radical (unpaired) electrons. The van der Waals surface area contributed by atoms with Crippen molar-refractivity contribution in [2.45, 2.75) is 26.4 Å². The van der Waals surface area contributed by atoms with Gasteiger partial charge in [-0.25, -0.2) is 4.98 Å². The number of hydrogen-bond donors (Lipinski definition) is 1. The van der Waals surface area contributed by atoms with E-state index in [1.807, 2.05) is 13.1 Å². The number of carbonyl (C=O) groups is 1. The number of nitriles is 1. The normalized spacial score (nSPS) is 16.7. The molecule has 0 bridgehead atoms. The molecule has 1 saturated heterocycles. The molecule has 2 aromatic rings. The smallest absolute Gasteiger partial charge is 0.256 e. The van der Waals surface area contributed by atoms with Gasteiger partial charge in [-0.05, 0) is 38.1 Å². The number of fused-ring (bicyclic) bond motifs is 1. The number of nitrogens with zero attached hydrogens (tertiary/aromatic N) is 5. The lowest BCUT2D eigenvalue weighted by Crippen LogP contribution is -2.49. The van der Waals surface area contributed by atoms with Crippen molar-refractivity contribution < 1.29 is 4.79 Å². The average Bonchev–Trinajstić information content (AvgIpc) is 3.03. The summed E-state index contributed by atoms with van der Waals surface area (Å²) in [6.07, 6.45) is 0. The molecule has 0 atom stereocenters. The minimum absolute atomic E-state index is 0.0318. The van der Waals surface area contributed by atoms with E-state index in [4.69, 9.17) is 11.6 Å². The lowest BCUT2D eigenvalue weighted by atomic mass is 10.0. The van der Waals surface area contributed by atoms with Gasteiger partial charge in [0.05, 0.1) is 16.8 Å². The molecule has 2 aliphatic rings. The van der Waals surface area contributed by atoms with Gasteiger partial charge in [0.15, 0.2) is 0 Å². The highest BCUT2D eigenvalue weighted by atomic mass is 35.5. The van der Waals surface area contributed by atoms with Gasteiger partial charge in [-0.1, -0.05) is 11.6 Å². The molecule has 7 nitrogen and oxygen atoms in total. The van der Waals surface area contributed by atoms with Gasteiger partial charge in [-0.3, -0.25) is 9.69 Å². The molecule has 1 N–H and O–H groups in total. The van der Waals surface area contributed by atoms with Crippen molar-refractivity contribution in [2.75, 3.05) is 43.4 Å². The van der Waals surface area contributed by atoms with Crippen LogP contribution in [0.15, 0.2) is 24.3 Å². The minimum atomic E-state index is -0.0318. The van der Waals surface area contributed by atoms with E-state index >= 15 is 0 Å². The SMILES string of the molecule is CC(C)N1CCN(c2ccc(Nc3nc(Cl)ccc3C#N)c3c2CN(C)C3=O)CC1. The number of hydrogen-bond acceptors (Lipinski definition) is 6. The van der Waals surface area contributed by atoms with Gasteiger partial charge < -0.3 is 15.1 Å². The number of piperazine rings is 1. The van der Waals surface area contributed by atoms with Crippen LogP contribution in [0.2, 0.25) is 5.15 Å². The Balaban J connectivity index is 1.69. The van der Waals surface area contributed by atoms with Crippen LogP contribution in [-0.4, -0.2) is 60.0 Å². The highest BCUT2D eigenvalue weighted by Crippen LogP contribution is 2.38. The van der Waals surface area contributed by atoms with Crippen molar-refractivity contribution in [3.63, 3.8) is 0 Å². The van der Waals surface area contributed by atoms with Gasteiger partial charge in [-0.15, -0.1) is 0 Å². The summed E-state index contributed by atoms with van der Waals surface area (Å²) in [7, 11) is 1.81. The number of aromatic nitrogens is 1. The summed E-state index contributed by atoms with van der Waals surface area (Å²) >= 11 is 6.02. The second kappa shape index (κ2) is 8.13. The van der Waals surface area contributed by atoms with Crippen molar-refractivity contribution in [1.82, 2.24) is 14.8 Å². The summed E-state index contributed by atoms with van der Waals surface area (Å²) in [6, 6.07) is 9.82. The third-order valence-electron chi connectivity index (χ3n) is 5.86. The highest BCUT2D eigenvalue weighted by Gasteiger charge is 2.32. The number of carbonyl (C=O) groups excluding carboxylic acids is 1. The van der Waals surface area contributed by atoms with E-state index in [9.17, 15) is 10.1 Å². The van der Waals surface area contributed by atoms with Crippen LogP contribution < -0.4 is 10.2 Å². The van der Waals surface area contributed by atoms with E-state index < -0.39 is 0 Å². The maximum atomic E-state index is 13.0. The van der Waals surface area contributed by atoms with Crippen molar-refractivity contribution in [3.8, 4) is 6.07 Å². The van der Waals surface area contributed by atoms with Crippen LogP contribution in [-0.2, 0) is 6.54 Å². The lowest BCUT2D eigenvalue weighted by Gasteiger charge is -2.38. The third-order valence-corrected chi connectivity index (χ3v) is 6.07. The van der Waals surface area contributed by atoms with Crippen LogP contribution in [0.4, 0.5) is 17.2 Å². The topological polar surface area (TPSA) is 75.5 Å². The molecule has 0 aliphatic carbocycles. The van der Waals surface area contributed by atoms with E-state index in [-0.39, 0.29) is 11.1 Å². The molecule has 0 unspecified atom stereocenters. The molecule has 4 rings (SSSR count). The maximum absolute atomic E-state index is 13.0. The van der Waals surface area contributed by atoms with Crippen LogP contribution in [0.5, 0.6) is 0 Å². The zero-order valence-corrected chi connectivity index (χ0v) is 18.2. The largest absolute Gasteiger partial charge is 0.369 e. The Hall–Kier alpha value is -2.82. The molecule has 1 amide bonds. The van der Waals surface area contributed by atoms with Crippen LogP contribution in [0.3, 0.4) is 0 Å². The molecule has 3 heterocycles. The molecule has 8 heteroatoms. The fraction of sp³-hybridized carbons (Fsp3) is 0.409. The van der Waals surface area contributed by atoms with E-state index in [2.05, 4.69) is 46.1 Å². The molecular formula is C22H25ClN6O. The molecule has 1 fully saturated rings. The number of pyridine rings is 1. The summed E-state index contributed by atoms with van der Waals surface area (Å²) in [5.41, 5.74) is 3.80. The summed E-state index contributed by atoms with van der Waals surface area (Å²) in [4.78, 5) is 23.8. The van der Waals surface area contributed by atoms with Gasteiger partial charge in [0.25, 0.3) is 5.91 Å². The molecule has 156 valence electrons. The average molecular weight is 425 g/mol. The van der Waals surface area contributed by atoms with Gasteiger partial charge >= 0.3 is 0 Å². The highest BCUT2D eigenvalue weighted by molar-refractivity contribution is 6.29. The second-order valence-electron chi connectivity index (χ2n) is 8.03. The summed E-state index contributed by atoms with van der Waals surface area (Å²) < 4.78 is 0. The Kier molecular flexibility index (Phi) is 5.54. The number of amides is 1. The molecule has 2 aliphatic heterocycles. The van der Waals surface area contributed by atoms with E-state index in [1.54, 1.807) is 17.0 Å². The van der Waals surface area contributed by atoms with E-state index in [1.165, 1.54) is 0 Å². The Morgan fingerprint density at radius 1 is 1.17 bits per heavy atom. The molecule has 0 spiro atoms. The molecule has 1 aromatic heterocycles. The van der Waals surface area contributed by atoms with Crippen LogP contribution in [0, 0.1) is 11.3 Å². The summed E-state index contributed by atoms with van der Waals surface area (Å²) in [5.74, 6) is 0.323. The molecule has 0 saturated carbocycles. The fourth-order valence-electron chi connectivity index (χ4n) is 4.17. The van der Waals surface area contributed by atoms with Gasteiger partial charge in [0.1, 0.15) is 17.0 Å². The first kappa shape index (κ1) is 20.5. The van der Waals surface area contributed by atoms with Crippen LogP contribution in [0.1, 0.15) is 35.3 Å². The van der Waals surface area contributed by atoms with Crippen LogP contribution in [0.25, 0.3) is 0 Å². The Bertz CT molecular complexity index is 1020. The Morgan fingerprint density at radius 2 is 1.90 bits per heavy atom. The first-order valence-electron chi connectivity index (χ1n) is 10.1. The molecular weight excluding hydrogens is 400 g/mol. The van der Waals surface area contributed by atoms with Crippen molar-refractivity contribution >= 4 is 34.7 Å². The number of anilines is 3. The third kappa shape index (κ3) is 3.69. The maximum Gasteiger partial charge on any atom is 0.256 e.